The van der Waals surface area contributed by atoms with Crippen LogP contribution in [0.15, 0.2) is 30.3 Å². The van der Waals surface area contributed by atoms with Gasteiger partial charge in [0, 0.05) is 25.3 Å². The third kappa shape index (κ3) is 45.9. The van der Waals surface area contributed by atoms with E-state index in [0.717, 1.165) is 0 Å². The van der Waals surface area contributed by atoms with Crippen molar-refractivity contribution in [2.45, 2.75) is 335 Å². The molecule has 21 atom stereocenters. The number of benzene rings is 1. The van der Waals surface area contributed by atoms with Crippen LogP contribution in [0.3, 0.4) is 0 Å². The van der Waals surface area contributed by atoms with Crippen molar-refractivity contribution in [3.05, 3.63) is 35.9 Å². The second-order valence-electron chi connectivity index (χ2n) is 39.0. The Hall–Kier alpha value is -12.1. The van der Waals surface area contributed by atoms with Crippen LogP contribution in [0, 0.1) is 52.8 Å². The van der Waals surface area contributed by atoms with Gasteiger partial charge in [0.1, 0.15) is 103 Å². The Morgan fingerprint density at radius 3 is 1.19 bits per heavy atom. The highest BCUT2D eigenvalue weighted by Crippen LogP contribution is 2.24. The van der Waals surface area contributed by atoms with Gasteiger partial charge in [0.05, 0.1) is 38.0 Å². The molecule has 1 aliphatic rings. The number of primary amides is 2. The van der Waals surface area contributed by atoms with Crippen LogP contribution in [0.2, 0.25) is 0 Å². The first-order valence-corrected chi connectivity index (χ1v) is 50.8. The minimum Gasteiger partial charge on any atom is -0.481 e. The molecule has 0 bridgehead atoms. The standard InChI is InChI=1S/C94H159N23O25S2/c1-19-51(15)73(90(138)109-61(38-49(11)12)81(129)103-58(35-46(5)6)78(126)102-57(34-45(3)4)79(127)104-60(37-48(9)10)82(130)110-65(93(141)142)41-70(97)121)114-77(125)56(28-24-31-100-94(98)99)101-87(135)67(44-143)112-89(137)72(50(13)14)113-85(133)62(39-54-26-22-21-23-27-54)106-84(132)64(42-71(122)123)108-83(131)63(40-69(96)120)107-80(128)59(36-47(7)8)105-86(134)66(43-118)111-88(136)68-29-25-32-117(68)92(140)74(52(16)20-2)115-91(139)75(53(17)119)116-76(124)55(95)30-33-144-18/h21-23,26-27,45-53,55-68,72-75,118-119,143H,19-20,24-25,28-44,95H2,1-18H3,(H2,96,120)(H2,97,121)(H,101,135)(H,102,126)(H,103,129)(H,104,127)(H,105,134)(H,106,132)(H,107,128)(H,108,131)(H,109,138)(H,110,130)(H,111,136)(H,112,137)(H,113,133)(H,114,125)(H,115,139)(H,116,124)(H,122,123)(H,141,142)(H4,98,99,100)/t51-,52-,53+,55-,56-,57-,58-,59-,60-,61-,62-,63-,64-,65-,66-,67-,68-,72-,73-,74-,75-/m0/s1. The van der Waals surface area contributed by atoms with E-state index in [1.165, 1.54) is 37.4 Å². The summed E-state index contributed by atoms with van der Waals surface area (Å²) in [6.07, 6.45) is -2.26. The third-order valence-electron chi connectivity index (χ3n) is 23.6. The Morgan fingerprint density at radius 2 is 0.785 bits per heavy atom. The molecule has 0 saturated carbocycles. The molecule has 0 spiro atoms. The number of hydrogen-bond acceptors (Lipinski definition) is 27. The molecule has 1 aromatic carbocycles. The molecule has 19 amide bonds. The minimum absolute atomic E-state index is 0.00270. The highest BCUT2D eigenvalue weighted by atomic mass is 32.2. The first-order valence-electron chi connectivity index (χ1n) is 48.8. The molecule has 1 aromatic rings. The SMILES string of the molecule is CC[C@H](C)[C@H](NC(=O)[C@H](CCCNC(=N)N)NC(=O)[C@H](CS)NC(=O)[C@@H](NC(=O)[C@H](Cc1ccccc1)NC(=O)[C@H](CC(=O)O)NC(=O)[C@H](CC(N)=O)NC(=O)[C@H](CC(C)C)NC(=O)[C@H](CO)NC(=O)[C@@H]1CCCN1C(=O)[C@@H](NC(=O)[C@@H](NC(=O)[C@@H](N)CCSC)[C@@H](C)O)[C@@H](C)CC)C(C)C)C(=O)N[C@@H](CC(C)C)C(=O)N[C@@H](CC(C)C)C(=O)N[C@@H](CC(C)C)C(=O)N[C@@H](CC(C)C)C(=O)N[C@@H](CC(N)=O)C(=O)O. The average molecular weight is 2080 g/mol. The van der Waals surface area contributed by atoms with Gasteiger partial charge in [-0.2, -0.15) is 24.4 Å². The van der Waals surface area contributed by atoms with Gasteiger partial charge in [-0.3, -0.25) is 101 Å². The number of thioether (sulfide) groups is 1. The first-order chi connectivity index (χ1) is 67.3. The van der Waals surface area contributed by atoms with Crippen molar-refractivity contribution in [1.29, 1.82) is 5.41 Å². The lowest BCUT2D eigenvalue weighted by molar-refractivity contribution is -0.144. The van der Waals surface area contributed by atoms with Crippen molar-refractivity contribution in [1.82, 2.24) is 95.3 Å². The average Bonchev–Trinajstić information content (AvgIpc) is 1.65. The van der Waals surface area contributed by atoms with Crippen molar-refractivity contribution < 1.29 is 121 Å². The predicted octanol–water partition coefficient (Wildman–Crippen LogP) is -4.09. The minimum atomic E-state index is -2.14. The van der Waals surface area contributed by atoms with Gasteiger partial charge >= 0.3 is 11.9 Å². The summed E-state index contributed by atoms with van der Waals surface area (Å²) in [5.74, 6) is -26.2. The van der Waals surface area contributed by atoms with E-state index in [-0.39, 0.29) is 114 Å². The topological polar surface area (TPSA) is 775 Å². The van der Waals surface area contributed by atoms with Crippen molar-refractivity contribution in [2.24, 2.45) is 70.3 Å². The number of thiol groups is 1. The number of carbonyl (C=O) groups is 21. The van der Waals surface area contributed by atoms with Gasteiger partial charge in [-0.1, -0.05) is 154 Å². The van der Waals surface area contributed by atoms with Crippen LogP contribution >= 0.6 is 24.4 Å². The Bertz CT molecular complexity index is 4500. The zero-order valence-electron chi connectivity index (χ0n) is 85.8. The van der Waals surface area contributed by atoms with E-state index in [9.17, 15) is 121 Å². The number of aliphatic hydroxyl groups excluding tert-OH is 2. The molecule has 50 heteroatoms. The number of carbonyl (C=O) groups excluding carboxylic acids is 19. The number of nitrogens with zero attached hydrogens (tertiary/aromatic N) is 1. The van der Waals surface area contributed by atoms with E-state index >= 15 is 0 Å². The van der Waals surface area contributed by atoms with E-state index in [1.807, 2.05) is 6.26 Å². The molecule has 0 aliphatic carbocycles. The van der Waals surface area contributed by atoms with Gasteiger partial charge < -0.3 is 139 Å². The lowest BCUT2D eigenvalue weighted by Crippen LogP contribution is -2.62. The molecule has 1 aliphatic heterocycles. The van der Waals surface area contributed by atoms with Crippen LogP contribution in [0.5, 0.6) is 0 Å². The smallest absolute Gasteiger partial charge is 0.326 e. The van der Waals surface area contributed by atoms with Crippen molar-refractivity contribution in [3.8, 4) is 0 Å². The van der Waals surface area contributed by atoms with Crippen LogP contribution in [0.1, 0.15) is 220 Å². The zero-order chi connectivity index (χ0) is 110. The zero-order valence-corrected chi connectivity index (χ0v) is 87.5. The van der Waals surface area contributed by atoms with Crippen LogP contribution in [0.25, 0.3) is 0 Å². The molecule has 0 radical (unpaired) electrons. The molecule has 1 heterocycles. The van der Waals surface area contributed by atoms with E-state index in [4.69, 9.17) is 28.3 Å². The number of guanidine groups is 1. The second kappa shape index (κ2) is 64.6. The predicted molar refractivity (Wildman–Crippen MR) is 537 cm³/mol. The molecule has 1 saturated heterocycles. The number of aliphatic hydroxyl groups is 2. The fourth-order valence-corrected chi connectivity index (χ4v) is 16.1. The molecule has 1 fully saturated rings. The summed E-state index contributed by atoms with van der Waals surface area (Å²) >= 11 is 5.81. The highest BCUT2D eigenvalue weighted by Gasteiger charge is 2.45. The quantitative estimate of drug-likeness (QED) is 0.0128. The van der Waals surface area contributed by atoms with Gasteiger partial charge in [0.2, 0.25) is 112 Å². The summed E-state index contributed by atoms with van der Waals surface area (Å²) in [5.41, 5.74) is 22.8. The van der Waals surface area contributed by atoms with Crippen molar-refractivity contribution in [2.75, 3.05) is 37.5 Å². The van der Waals surface area contributed by atoms with E-state index < -0.39 is 300 Å². The Balaban J connectivity index is 2.55. The maximum Gasteiger partial charge on any atom is 0.326 e. The molecule has 2 rings (SSSR count). The summed E-state index contributed by atoms with van der Waals surface area (Å²) in [4.78, 5) is 294. The molecular formula is C94H159N23O25S2. The van der Waals surface area contributed by atoms with Crippen LogP contribution in [0.4, 0.5) is 0 Å². The molecule has 812 valence electrons. The largest absolute Gasteiger partial charge is 0.481 e. The molecule has 48 nitrogen and oxygen atoms in total. The van der Waals surface area contributed by atoms with Gasteiger partial charge in [0.15, 0.2) is 5.96 Å². The summed E-state index contributed by atoms with van der Waals surface area (Å²) in [6.45, 7) is 27.2. The number of rotatable bonds is 67. The molecular weight excluding hydrogens is 1920 g/mol. The number of likely N-dealkylation sites (tertiary alicyclic amines) is 1. The van der Waals surface area contributed by atoms with E-state index in [2.05, 4.69) is 103 Å². The second-order valence-corrected chi connectivity index (χ2v) is 40.3. The van der Waals surface area contributed by atoms with Crippen molar-refractivity contribution in [3.63, 3.8) is 0 Å². The fraction of sp³-hybridized carbons (Fsp3) is 0.702. The summed E-state index contributed by atoms with van der Waals surface area (Å²) in [7, 11) is 0. The first kappa shape index (κ1) is 128. The van der Waals surface area contributed by atoms with Gasteiger partial charge in [-0.25, -0.2) is 4.79 Å². The number of nitrogens with two attached hydrogens (primary N) is 4. The molecule has 30 N–H and O–H groups in total. The number of hydrogen-bond donors (Lipinski definition) is 27. The number of amides is 19. The molecule has 0 unspecified atom stereocenters. The van der Waals surface area contributed by atoms with E-state index in [0.29, 0.717) is 17.7 Å². The highest BCUT2D eigenvalue weighted by molar-refractivity contribution is 7.98. The monoisotopic (exact) mass is 2070 g/mol. The van der Waals surface area contributed by atoms with Crippen molar-refractivity contribution >= 4 is 155 Å². The number of nitrogens with one attached hydrogen (secondary N) is 18. The van der Waals surface area contributed by atoms with Crippen LogP contribution < -0.4 is 113 Å². The Morgan fingerprint density at radius 1 is 0.431 bits per heavy atom. The van der Waals surface area contributed by atoms with Gasteiger partial charge in [0.25, 0.3) is 0 Å². The summed E-state index contributed by atoms with van der Waals surface area (Å²) in [5, 5.41) is 91.9. The molecule has 144 heavy (non-hydrogen) atoms. The van der Waals surface area contributed by atoms with E-state index in [1.54, 1.807) is 127 Å². The lowest BCUT2D eigenvalue weighted by atomic mass is 9.95. The van der Waals surface area contributed by atoms with Crippen LogP contribution in [-0.4, -0.2) is 308 Å². The normalized spacial score (nSPS) is 16.6. The number of aliphatic carboxylic acids is 2. The maximum atomic E-state index is 14.8. The molecule has 0 aromatic heterocycles. The maximum absolute atomic E-state index is 14.8. The Labute approximate surface area is 851 Å². The van der Waals surface area contributed by atoms with Gasteiger partial charge in [-0.05, 0) is 136 Å². The summed E-state index contributed by atoms with van der Waals surface area (Å²) in [6, 6.07) is -19.9. The number of carboxylic acids is 2. The Kier molecular flexibility index (Phi) is 57.5. The summed E-state index contributed by atoms with van der Waals surface area (Å²) < 4.78 is 0. The fourth-order valence-electron chi connectivity index (χ4n) is 15.4. The third-order valence-corrected chi connectivity index (χ3v) is 24.6. The lowest BCUT2D eigenvalue weighted by Gasteiger charge is -2.33. The number of carboxylic acid groups (broad SMARTS) is 2. The van der Waals surface area contributed by atoms with Crippen LogP contribution in [-0.2, 0) is 107 Å². The van der Waals surface area contributed by atoms with Gasteiger partial charge in [-0.15, -0.1) is 0 Å².